The number of nitriles is 1. The van der Waals surface area contributed by atoms with E-state index in [2.05, 4.69) is 11.4 Å². The summed E-state index contributed by atoms with van der Waals surface area (Å²) in [5.41, 5.74) is -1.04. The summed E-state index contributed by atoms with van der Waals surface area (Å²) in [7, 11) is 1.55. The van der Waals surface area contributed by atoms with Gasteiger partial charge in [-0.25, -0.2) is 4.79 Å². The summed E-state index contributed by atoms with van der Waals surface area (Å²) < 4.78 is 15.7. The van der Waals surface area contributed by atoms with E-state index in [1.54, 1.807) is 38.3 Å². The van der Waals surface area contributed by atoms with Crippen LogP contribution in [-0.2, 0) is 14.3 Å². The van der Waals surface area contributed by atoms with Crippen molar-refractivity contribution >= 4 is 11.9 Å². The lowest BCUT2D eigenvalue weighted by Gasteiger charge is -2.28. The zero-order valence-electron chi connectivity index (χ0n) is 16.0. The van der Waals surface area contributed by atoms with Gasteiger partial charge in [0.1, 0.15) is 17.0 Å². The number of benzene rings is 1. The summed E-state index contributed by atoms with van der Waals surface area (Å²) in [6, 6.07) is 8.82. The lowest BCUT2D eigenvalue weighted by atomic mass is 9.90. The van der Waals surface area contributed by atoms with Gasteiger partial charge in [0.25, 0.3) is 5.91 Å². The molecule has 7 heteroatoms. The third-order valence-corrected chi connectivity index (χ3v) is 4.14. The largest absolute Gasteiger partial charge is 0.497 e. The zero-order valence-corrected chi connectivity index (χ0v) is 16.0. The van der Waals surface area contributed by atoms with Crippen molar-refractivity contribution in [1.82, 2.24) is 5.32 Å². The summed E-state index contributed by atoms with van der Waals surface area (Å²) in [6.45, 7) is 8.26. The van der Waals surface area contributed by atoms with E-state index >= 15 is 0 Å². The highest BCUT2D eigenvalue weighted by Gasteiger charge is 2.33. The third kappa shape index (κ3) is 5.66. The fourth-order valence-corrected chi connectivity index (χ4v) is 1.89. The van der Waals surface area contributed by atoms with Crippen LogP contribution in [0.3, 0.4) is 0 Å². The molecule has 0 aliphatic carbocycles. The molecule has 3 atom stereocenters. The highest BCUT2D eigenvalue weighted by Crippen LogP contribution is 2.19. The van der Waals surface area contributed by atoms with Crippen LogP contribution in [0.4, 0.5) is 0 Å². The Balaban J connectivity index is 2.61. The van der Waals surface area contributed by atoms with Crippen molar-refractivity contribution in [1.29, 1.82) is 5.26 Å². The third-order valence-electron chi connectivity index (χ3n) is 4.14. The van der Waals surface area contributed by atoms with Crippen LogP contribution in [0.2, 0.25) is 0 Å². The van der Waals surface area contributed by atoms with Gasteiger partial charge in [0.15, 0.2) is 12.2 Å². The molecule has 0 heterocycles. The molecule has 1 aromatic rings. The molecule has 7 nitrogen and oxygen atoms in total. The van der Waals surface area contributed by atoms with Crippen molar-refractivity contribution < 1.29 is 23.8 Å². The van der Waals surface area contributed by atoms with Gasteiger partial charge in [-0.3, -0.25) is 4.79 Å². The van der Waals surface area contributed by atoms with Crippen molar-refractivity contribution in [3.05, 3.63) is 24.3 Å². The van der Waals surface area contributed by atoms with Crippen LogP contribution in [-0.4, -0.2) is 36.7 Å². The van der Waals surface area contributed by atoms with Gasteiger partial charge in [-0.2, -0.15) is 5.26 Å². The van der Waals surface area contributed by atoms with Crippen molar-refractivity contribution in [2.75, 3.05) is 7.11 Å². The normalized spacial score (nSPS) is 15.2. The van der Waals surface area contributed by atoms with E-state index in [0.717, 1.165) is 0 Å². The molecule has 1 N–H and O–H groups in total. The Labute approximate surface area is 154 Å². The molecule has 0 aliphatic heterocycles. The minimum Gasteiger partial charge on any atom is -0.497 e. The molecule has 1 aromatic carbocycles. The smallest absolute Gasteiger partial charge is 0.347 e. The predicted molar refractivity (Wildman–Crippen MR) is 95.6 cm³/mol. The second-order valence-electron chi connectivity index (χ2n) is 6.47. The van der Waals surface area contributed by atoms with Gasteiger partial charge in [-0.1, -0.05) is 13.8 Å². The number of nitrogens with zero attached hydrogens (tertiary/aromatic N) is 1. The van der Waals surface area contributed by atoms with Crippen LogP contribution in [0.15, 0.2) is 24.3 Å². The standard InChI is InChI=1S/C19H26N2O5/c1-12(2)19(5,11-20)21-17(22)13(3)26-18(23)14(4)25-16-9-7-15(24-6)8-10-16/h7-10,12-14H,1-6H3,(H,21,22). The highest BCUT2D eigenvalue weighted by molar-refractivity contribution is 5.85. The van der Waals surface area contributed by atoms with Gasteiger partial charge >= 0.3 is 5.97 Å². The molecule has 142 valence electrons. The van der Waals surface area contributed by atoms with Crippen LogP contribution in [0.25, 0.3) is 0 Å². The van der Waals surface area contributed by atoms with Gasteiger partial charge in [-0.05, 0) is 51.0 Å². The van der Waals surface area contributed by atoms with Crippen molar-refractivity contribution in [2.24, 2.45) is 5.92 Å². The number of nitrogens with one attached hydrogen (secondary N) is 1. The average Bonchev–Trinajstić information content (AvgIpc) is 2.61. The molecule has 1 amide bonds. The molecule has 3 unspecified atom stereocenters. The van der Waals surface area contributed by atoms with Gasteiger partial charge < -0.3 is 19.5 Å². The maximum absolute atomic E-state index is 12.2. The number of hydrogen-bond donors (Lipinski definition) is 1. The molecule has 0 saturated carbocycles. The Kier molecular flexibility index (Phi) is 7.44. The number of hydrogen-bond acceptors (Lipinski definition) is 6. The van der Waals surface area contributed by atoms with Gasteiger partial charge in [0.2, 0.25) is 0 Å². The maximum atomic E-state index is 12.2. The number of rotatable bonds is 8. The number of carbonyl (C=O) groups is 2. The minimum absolute atomic E-state index is 0.100. The lowest BCUT2D eigenvalue weighted by Crippen LogP contribution is -2.52. The van der Waals surface area contributed by atoms with E-state index < -0.39 is 29.6 Å². The van der Waals surface area contributed by atoms with Gasteiger partial charge in [-0.15, -0.1) is 0 Å². The molecule has 0 bridgehead atoms. The monoisotopic (exact) mass is 362 g/mol. The molecular weight excluding hydrogens is 336 g/mol. The van der Waals surface area contributed by atoms with E-state index in [-0.39, 0.29) is 5.92 Å². The van der Waals surface area contributed by atoms with Crippen molar-refractivity contribution in [3.63, 3.8) is 0 Å². The number of ether oxygens (including phenoxy) is 3. The van der Waals surface area contributed by atoms with Crippen LogP contribution in [0.5, 0.6) is 11.5 Å². The quantitative estimate of drug-likeness (QED) is 0.713. The van der Waals surface area contributed by atoms with Gasteiger partial charge in [0.05, 0.1) is 13.2 Å². The number of amides is 1. The van der Waals surface area contributed by atoms with Crippen molar-refractivity contribution in [2.45, 2.75) is 52.4 Å². The molecule has 0 fully saturated rings. The molecule has 0 saturated heterocycles. The molecular formula is C19H26N2O5. The average molecular weight is 362 g/mol. The van der Waals surface area contributed by atoms with Crippen molar-refractivity contribution in [3.8, 4) is 17.6 Å². The Morgan fingerprint density at radius 1 is 1.08 bits per heavy atom. The molecule has 0 aromatic heterocycles. The van der Waals surface area contributed by atoms with Gasteiger partial charge in [0, 0.05) is 0 Å². The maximum Gasteiger partial charge on any atom is 0.347 e. The SMILES string of the molecule is COc1ccc(OC(C)C(=O)OC(C)C(=O)NC(C)(C#N)C(C)C)cc1. The summed E-state index contributed by atoms with van der Waals surface area (Å²) in [4.78, 5) is 24.4. The topological polar surface area (TPSA) is 97.7 Å². The summed E-state index contributed by atoms with van der Waals surface area (Å²) in [6.07, 6.45) is -1.94. The molecule has 26 heavy (non-hydrogen) atoms. The van der Waals surface area contributed by atoms with Crippen LogP contribution in [0.1, 0.15) is 34.6 Å². The highest BCUT2D eigenvalue weighted by atomic mass is 16.6. The first-order chi connectivity index (χ1) is 12.1. The number of methoxy groups -OCH3 is 1. The lowest BCUT2D eigenvalue weighted by molar-refractivity contribution is -0.161. The van der Waals surface area contributed by atoms with Crippen LogP contribution < -0.4 is 14.8 Å². The Bertz CT molecular complexity index is 666. The first kappa shape index (κ1) is 21.3. The minimum atomic E-state index is -1.05. The Morgan fingerprint density at radius 3 is 2.08 bits per heavy atom. The first-order valence-corrected chi connectivity index (χ1v) is 8.37. The number of esters is 1. The fourth-order valence-electron chi connectivity index (χ4n) is 1.89. The van der Waals surface area contributed by atoms with Crippen LogP contribution in [0, 0.1) is 17.2 Å². The summed E-state index contributed by atoms with van der Waals surface area (Å²) in [5, 5.41) is 11.9. The zero-order chi connectivity index (χ0) is 19.9. The van der Waals surface area contributed by atoms with E-state index in [4.69, 9.17) is 14.2 Å². The van der Waals surface area contributed by atoms with E-state index in [1.165, 1.54) is 13.8 Å². The summed E-state index contributed by atoms with van der Waals surface area (Å²) in [5.74, 6) is -0.163. The van der Waals surface area contributed by atoms with E-state index in [9.17, 15) is 14.9 Å². The predicted octanol–water partition coefficient (Wildman–Crippen LogP) is 2.45. The molecule has 0 radical (unpaired) electrons. The van der Waals surface area contributed by atoms with E-state index in [0.29, 0.717) is 11.5 Å². The van der Waals surface area contributed by atoms with E-state index in [1.807, 2.05) is 13.8 Å². The summed E-state index contributed by atoms with van der Waals surface area (Å²) >= 11 is 0. The first-order valence-electron chi connectivity index (χ1n) is 8.37. The second kappa shape index (κ2) is 9.09. The second-order valence-corrected chi connectivity index (χ2v) is 6.47. The Hall–Kier alpha value is -2.75. The molecule has 0 aliphatic rings. The fraction of sp³-hybridized carbons (Fsp3) is 0.526. The Morgan fingerprint density at radius 2 is 1.62 bits per heavy atom. The molecule has 0 spiro atoms. The molecule has 1 rings (SSSR count). The number of carbonyl (C=O) groups excluding carboxylic acids is 2. The van der Waals surface area contributed by atoms with Crippen LogP contribution >= 0.6 is 0 Å².